The normalized spacial score (nSPS) is 45.5. The number of rotatable bonds is 4. The number of aliphatic hydroxyl groups is 2. The third-order valence-electron chi connectivity index (χ3n) is 10.8. The Kier molecular flexibility index (Phi) is 5.74. The molecule has 4 aliphatic rings. The highest BCUT2D eigenvalue weighted by atomic mass is 19.1. The van der Waals surface area contributed by atoms with Gasteiger partial charge in [-0.25, -0.2) is 4.39 Å². The van der Waals surface area contributed by atoms with Crippen LogP contribution < -0.4 is 0 Å². The van der Waals surface area contributed by atoms with Crippen LogP contribution in [0.25, 0.3) is 0 Å². The summed E-state index contributed by atoms with van der Waals surface area (Å²) in [5, 5.41) is 21.5. The molecule has 172 valence electrons. The van der Waals surface area contributed by atoms with E-state index < -0.39 is 0 Å². The number of benzene rings is 1. The van der Waals surface area contributed by atoms with Crippen LogP contribution in [0, 0.1) is 46.2 Å². The fourth-order valence-corrected chi connectivity index (χ4v) is 9.07. The molecular formula is C28H41FO2. The maximum Gasteiger partial charge on any atom is 0.123 e. The van der Waals surface area contributed by atoms with Crippen molar-refractivity contribution in [2.24, 2.45) is 40.4 Å². The van der Waals surface area contributed by atoms with Crippen LogP contribution in [0.5, 0.6) is 0 Å². The van der Waals surface area contributed by atoms with Gasteiger partial charge in [0.1, 0.15) is 5.82 Å². The van der Waals surface area contributed by atoms with Gasteiger partial charge in [-0.15, -0.1) is 0 Å². The zero-order chi connectivity index (χ0) is 21.8. The molecule has 3 heteroatoms. The lowest BCUT2D eigenvalue weighted by Gasteiger charge is -2.61. The van der Waals surface area contributed by atoms with Gasteiger partial charge >= 0.3 is 0 Å². The zero-order valence-electron chi connectivity index (χ0n) is 19.4. The first-order chi connectivity index (χ1) is 14.8. The van der Waals surface area contributed by atoms with Crippen LogP contribution in [-0.4, -0.2) is 22.4 Å². The van der Waals surface area contributed by atoms with Crippen molar-refractivity contribution in [3.8, 4) is 0 Å². The predicted molar refractivity (Wildman–Crippen MR) is 122 cm³/mol. The average Bonchev–Trinajstić information content (AvgIpc) is 3.11. The number of aliphatic hydroxyl groups excluding tert-OH is 2. The second-order valence-electron chi connectivity index (χ2n) is 12.0. The minimum Gasteiger partial charge on any atom is -0.393 e. The van der Waals surface area contributed by atoms with Gasteiger partial charge in [0, 0.05) is 0 Å². The molecule has 0 bridgehead atoms. The van der Waals surface area contributed by atoms with Gasteiger partial charge in [-0.3, -0.25) is 0 Å². The van der Waals surface area contributed by atoms with Crippen molar-refractivity contribution < 1.29 is 14.6 Å². The van der Waals surface area contributed by atoms with E-state index in [9.17, 15) is 14.6 Å². The summed E-state index contributed by atoms with van der Waals surface area (Å²) in [5.74, 6) is 3.29. The molecule has 0 amide bonds. The molecule has 0 saturated heterocycles. The largest absolute Gasteiger partial charge is 0.393 e. The summed E-state index contributed by atoms with van der Waals surface area (Å²) in [7, 11) is 0. The van der Waals surface area contributed by atoms with E-state index in [2.05, 4.69) is 13.8 Å². The Hall–Kier alpha value is -0.930. The van der Waals surface area contributed by atoms with Gasteiger partial charge in [0.25, 0.3) is 0 Å². The fourth-order valence-electron chi connectivity index (χ4n) is 9.07. The third kappa shape index (κ3) is 3.68. The smallest absolute Gasteiger partial charge is 0.123 e. The molecule has 4 fully saturated rings. The summed E-state index contributed by atoms with van der Waals surface area (Å²) in [6.45, 7) is 5.04. The monoisotopic (exact) mass is 428 g/mol. The SMILES string of the molecule is C[C@]12CC[C@H](O)CC1CC[C@@H]1C2CC[C@@]2(C)C1CCC2[C@H](O)CCc1ccc(F)cc1. The van der Waals surface area contributed by atoms with Crippen LogP contribution in [0.3, 0.4) is 0 Å². The number of fused-ring (bicyclic) bond motifs is 5. The second kappa shape index (κ2) is 8.13. The summed E-state index contributed by atoms with van der Waals surface area (Å²) in [6, 6.07) is 6.76. The molecule has 9 atom stereocenters. The lowest BCUT2D eigenvalue weighted by molar-refractivity contribution is -0.133. The minimum absolute atomic E-state index is 0.0735. The van der Waals surface area contributed by atoms with E-state index in [-0.39, 0.29) is 23.4 Å². The molecule has 0 spiro atoms. The molecule has 31 heavy (non-hydrogen) atoms. The topological polar surface area (TPSA) is 40.5 Å². The Morgan fingerprint density at radius 3 is 2.42 bits per heavy atom. The number of hydrogen-bond donors (Lipinski definition) is 2. The second-order valence-corrected chi connectivity index (χ2v) is 12.0. The van der Waals surface area contributed by atoms with Gasteiger partial charge in [0.2, 0.25) is 0 Å². The number of aryl methyl sites for hydroxylation is 1. The lowest BCUT2D eigenvalue weighted by atomic mass is 9.44. The summed E-state index contributed by atoms with van der Waals surface area (Å²) < 4.78 is 13.2. The lowest BCUT2D eigenvalue weighted by Crippen LogP contribution is -2.54. The van der Waals surface area contributed by atoms with E-state index in [1.807, 2.05) is 12.1 Å². The highest BCUT2D eigenvalue weighted by Gasteiger charge is 2.60. The summed E-state index contributed by atoms with van der Waals surface area (Å²) >= 11 is 0. The first-order valence-corrected chi connectivity index (χ1v) is 12.9. The molecule has 1 aromatic rings. The van der Waals surface area contributed by atoms with Gasteiger partial charge < -0.3 is 10.2 Å². The molecule has 0 radical (unpaired) electrons. The van der Waals surface area contributed by atoms with Crippen molar-refractivity contribution in [2.75, 3.05) is 0 Å². The van der Waals surface area contributed by atoms with E-state index in [4.69, 9.17) is 0 Å². The highest BCUT2D eigenvalue weighted by Crippen LogP contribution is 2.67. The molecule has 1 aromatic carbocycles. The Morgan fingerprint density at radius 2 is 1.65 bits per heavy atom. The summed E-state index contributed by atoms with van der Waals surface area (Å²) in [4.78, 5) is 0. The van der Waals surface area contributed by atoms with Crippen molar-refractivity contribution in [2.45, 2.75) is 96.7 Å². The molecule has 4 saturated carbocycles. The van der Waals surface area contributed by atoms with E-state index in [1.165, 1.54) is 50.7 Å². The predicted octanol–water partition coefficient (Wildman–Crippen LogP) is 6.14. The summed E-state index contributed by atoms with van der Waals surface area (Å²) in [6.07, 6.45) is 12.1. The van der Waals surface area contributed by atoms with Gasteiger partial charge in [-0.05, 0) is 129 Å². The van der Waals surface area contributed by atoms with Crippen molar-refractivity contribution in [1.29, 1.82) is 0 Å². The molecular weight excluding hydrogens is 387 g/mol. The third-order valence-corrected chi connectivity index (χ3v) is 10.8. The Balaban J connectivity index is 1.28. The Labute approximate surface area is 187 Å². The molecule has 4 aliphatic carbocycles. The Morgan fingerprint density at radius 1 is 0.935 bits per heavy atom. The van der Waals surface area contributed by atoms with Gasteiger partial charge in [0.15, 0.2) is 0 Å². The molecule has 2 N–H and O–H groups in total. The van der Waals surface area contributed by atoms with Crippen molar-refractivity contribution in [1.82, 2.24) is 0 Å². The number of halogens is 1. The van der Waals surface area contributed by atoms with Crippen molar-refractivity contribution in [3.63, 3.8) is 0 Å². The van der Waals surface area contributed by atoms with Gasteiger partial charge in [0.05, 0.1) is 12.2 Å². The first-order valence-electron chi connectivity index (χ1n) is 12.9. The van der Waals surface area contributed by atoms with Crippen LogP contribution in [0.1, 0.15) is 83.6 Å². The summed E-state index contributed by atoms with van der Waals surface area (Å²) in [5.41, 5.74) is 1.80. The Bertz CT molecular complexity index is 778. The minimum atomic E-state index is -0.256. The quantitative estimate of drug-likeness (QED) is 0.605. The van der Waals surface area contributed by atoms with E-state index >= 15 is 0 Å². The van der Waals surface area contributed by atoms with Crippen LogP contribution in [0.4, 0.5) is 4.39 Å². The first kappa shape index (κ1) is 21.9. The number of hydrogen-bond acceptors (Lipinski definition) is 2. The molecule has 0 aliphatic heterocycles. The van der Waals surface area contributed by atoms with E-state index in [1.54, 1.807) is 0 Å². The van der Waals surface area contributed by atoms with Crippen LogP contribution in [0.15, 0.2) is 24.3 Å². The molecule has 4 unspecified atom stereocenters. The van der Waals surface area contributed by atoms with Crippen molar-refractivity contribution in [3.05, 3.63) is 35.6 Å². The van der Waals surface area contributed by atoms with E-state index in [0.29, 0.717) is 17.3 Å². The molecule has 0 heterocycles. The highest BCUT2D eigenvalue weighted by molar-refractivity contribution is 5.16. The van der Waals surface area contributed by atoms with Crippen LogP contribution in [-0.2, 0) is 6.42 Å². The van der Waals surface area contributed by atoms with Crippen LogP contribution >= 0.6 is 0 Å². The van der Waals surface area contributed by atoms with Crippen molar-refractivity contribution >= 4 is 0 Å². The maximum atomic E-state index is 13.2. The molecule has 0 aromatic heterocycles. The van der Waals surface area contributed by atoms with E-state index in [0.717, 1.165) is 55.4 Å². The standard InChI is InChI=1S/C28H41FO2/c1-27-15-13-21(30)17-19(27)6-9-22-23-10-11-25(28(23,2)16-14-24(22)27)26(31)12-5-18-3-7-20(29)8-4-18/h3-4,7-8,19,21-26,30-31H,5-6,9-17H2,1-2H3/t19?,21-,22-,23?,24?,25?,26+,27-,28-/m0/s1. The van der Waals surface area contributed by atoms with Gasteiger partial charge in [-0.1, -0.05) is 26.0 Å². The fraction of sp³-hybridized carbons (Fsp3) is 0.786. The van der Waals surface area contributed by atoms with Crippen LogP contribution in [0.2, 0.25) is 0 Å². The average molecular weight is 429 g/mol. The van der Waals surface area contributed by atoms with Gasteiger partial charge in [-0.2, -0.15) is 0 Å². The molecule has 5 rings (SSSR count). The molecule has 2 nitrogen and oxygen atoms in total. The zero-order valence-corrected chi connectivity index (χ0v) is 19.4. The maximum absolute atomic E-state index is 13.2.